The number of nitrogens with zero attached hydrogens (tertiary/aromatic N) is 3. The molecule has 0 saturated carbocycles. The molecule has 1 aromatic rings. The Morgan fingerprint density at radius 3 is 2.47 bits per heavy atom. The van der Waals surface area contributed by atoms with Crippen molar-refractivity contribution in [1.29, 1.82) is 0 Å². The number of carboxylic acid groups (broad SMARTS) is 1. The van der Waals surface area contributed by atoms with Crippen molar-refractivity contribution in [2.75, 3.05) is 38.9 Å². The van der Waals surface area contributed by atoms with Crippen LogP contribution in [0.5, 0.6) is 0 Å². The first-order chi connectivity index (χ1) is 9.10. The Balaban J connectivity index is 2.86. The van der Waals surface area contributed by atoms with Crippen LogP contribution in [0.2, 0.25) is 0 Å². The molecule has 0 spiro atoms. The van der Waals surface area contributed by atoms with E-state index in [0.29, 0.717) is 25.7 Å². The van der Waals surface area contributed by atoms with Crippen LogP contribution in [0.4, 0.5) is 5.95 Å². The van der Waals surface area contributed by atoms with Gasteiger partial charge >= 0.3 is 5.97 Å². The summed E-state index contributed by atoms with van der Waals surface area (Å²) in [5.74, 6) is -0.577. The normalized spacial score (nSPS) is 12.2. The lowest BCUT2D eigenvalue weighted by Gasteiger charge is -2.28. The fraction of sp³-hybridized carbons (Fsp3) is 0.583. The Labute approximate surface area is 112 Å². The quantitative estimate of drug-likeness (QED) is 0.742. The fourth-order valence-electron chi connectivity index (χ4n) is 1.62. The summed E-state index contributed by atoms with van der Waals surface area (Å²) in [7, 11) is 3.24. The van der Waals surface area contributed by atoms with Crippen molar-refractivity contribution >= 4 is 11.9 Å². The van der Waals surface area contributed by atoms with Crippen molar-refractivity contribution in [2.24, 2.45) is 0 Å². The third kappa shape index (κ3) is 4.46. The van der Waals surface area contributed by atoms with Crippen LogP contribution in [0, 0.1) is 0 Å². The number of carboxylic acids is 1. The Morgan fingerprint density at radius 2 is 2.00 bits per heavy atom. The topological polar surface area (TPSA) is 84.8 Å². The molecule has 1 N–H and O–H groups in total. The number of hydrogen-bond donors (Lipinski definition) is 1. The van der Waals surface area contributed by atoms with E-state index in [0.717, 1.165) is 0 Å². The van der Waals surface area contributed by atoms with Crippen LogP contribution in [-0.2, 0) is 9.47 Å². The summed E-state index contributed by atoms with van der Waals surface area (Å²) in [5.41, 5.74) is 0.0647. The molecule has 0 aliphatic heterocycles. The average Bonchev–Trinajstić information content (AvgIpc) is 2.40. The van der Waals surface area contributed by atoms with Crippen molar-refractivity contribution in [2.45, 2.75) is 13.0 Å². The van der Waals surface area contributed by atoms with E-state index in [-0.39, 0.29) is 11.6 Å². The summed E-state index contributed by atoms with van der Waals surface area (Å²) in [6.45, 7) is 3.63. The molecule has 0 aliphatic carbocycles. The number of rotatable bonds is 8. The smallest absolute Gasteiger partial charge is 0.338 e. The molecule has 0 fully saturated rings. The lowest BCUT2D eigenvalue weighted by molar-refractivity contribution is 0.0696. The highest BCUT2D eigenvalue weighted by Crippen LogP contribution is 2.11. The molecule has 7 heteroatoms. The van der Waals surface area contributed by atoms with Crippen LogP contribution in [0.3, 0.4) is 0 Å². The molecule has 0 saturated heterocycles. The maximum atomic E-state index is 10.8. The van der Waals surface area contributed by atoms with E-state index in [2.05, 4.69) is 9.97 Å². The minimum atomic E-state index is -1.04. The third-order valence-corrected chi connectivity index (χ3v) is 2.62. The molecule has 1 unspecified atom stereocenters. The predicted molar refractivity (Wildman–Crippen MR) is 69.6 cm³/mol. The van der Waals surface area contributed by atoms with Gasteiger partial charge in [0.15, 0.2) is 0 Å². The van der Waals surface area contributed by atoms with E-state index in [1.807, 2.05) is 11.8 Å². The molecular weight excluding hydrogens is 250 g/mol. The van der Waals surface area contributed by atoms with E-state index in [4.69, 9.17) is 14.6 Å². The van der Waals surface area contributed by atoms with Gasteiger partial charge in [-0.2, -0.15) is 0 Å². The third-order valence-electron chi connectivity index (χ3n) is 2.62. The number of ether oxygens (including phenoxy) is 2. The molecule has 1 atom stereocenters. The summed E-state index contributed by atoms with van der Waals surface area (Å²) in [4.78, 5) is 20.8. The number of carbonyl (C=O) groups is 1. The zero-order chi connectivity index (χ0) is 14.3. The van der Waals surface area contributed by atoms with Gasteiger partial charge in [-0.15, -0.1) is 0 Å². The highest BCUT2D eigenvalue weighted by Gasteiger charge is 2.17. The van der Waals surface area contributed by atoms with Crippen molar-refractivity contribution in [1.82, 2.24) is 9.97 Å². The number of aromatic carboxylic acids is 1. The molecule has 0 bridgehead atoms. The predicted octanol–water partition coefficient (Wildman–Crippen LogP) is 0.663. The molecule has 1 aromatic heterocycles. The first-order valence-electron chi connectivity index (χ1n) is 5.90. The fourth-order valence-corrected chi connectivity index (χ4v) is 1.62. The maximum absolute atomic E-state index is 10.8. The number of methoxy groups -OCH3 is 2. The molecule has 0 radical (unpaired) electrons. The van der Waals surface area contributed by atoms with Gasteiger partial charge in [-0.25, -0.2) is 14.8 Å². The Morgan fingerprint density at radius 1 is 1.37 bits per heavy atom. The molecule has 106 valence electrons. The van der Waals surface area contributed by atoms with Gasteiger partial charge in [0.05, 0.1) is 24.8 Å². The van der Waals surface area contributed by atoms with Gasteiger partial charge in [-0.1, -0.05) is 0 Å². The SMILES string of the molecule is COCCN(c1ncc(C(=O)O)cn1)C(C)COC. The number of aromatic nitrogens is 2. The Hall–Kier alpha value is -1.73. The van der Waals surface area contributed by atoms with Gasteiger partial charge in [-0.3, -0.25) is 0 Å². The van der Waals surface area contributed by atoms with Crippen LogP contribution in [0.15, 0.2) is 12.4 Å². The Bertz CT molecular complexity index is 396. The monoisotopic (exact) mass is 269 g/mol. The first kappa shape index (κ1) is 15.3. The molecule has 0 amide bonds. The minimum absolute atomic E-state index is 0.0647. The molecule has 1 heterocycles. The zero-order valence-electron chi connectivity index (χ0n) is 11.4. The minimum Gasteiger partial charge on any atom is -0.478 e. The lowest BCUT2D eigenvalue weighted by Crippen LogP contribution is -2.39. The summed E-state index contributed by atoms with van der Waals surface area (Å²) < 4.78 is 10.2. The summed E-state index contributed by atoms with van der Waals surface area (Å²) in [6.07, 6.45) is 2.59. The van der Waals surface area contributed by atoms with Crippen molar-refractivity contribution in [3.8, 4) is 0 Å². The Kier molecular flexibility index (Phi) is 6.17. The molecule has 19 heavy (non-hydrogen) atoms. The molecule has 7 nitrogen and oxygen atoms in total. The van der Waals surface area contributed by atoms with Gasteiger partial charge in [0.2, 0.25) is 5.95 Å². The first-order valence-corrected chi connectivity index (χ1v) is 5.90. The van der Waals surface area contributed by atoms with Gasteiger partial charge < -0.3 is 19.5 Å². The van der Waals surface area contributed by atoms with E-state index < -0.39 is 5.97 Å². The molecule has 0 aromatic carbocycles. The van der Waals surface area contributed by atoms with Gasteiger partial charge in [0.25, 0.3) is 0 Å². The van der Waals surface area contributed by atoms with Crippen molar-refractivity contribution in [3.05, 3.63) is 18.0 Å². The second-order valence-corrected chi connectivity index (χ2v) is 4.07. The summed E-state index contributed by atoms with van der Waals surface area (Å²) in [6, 6.07) is 0.0656. The second kappa shape index (κ2) is 7.65. The largest absolute Gasteiger partial charge is 0.478 e. The van der Waals surface area contributed by atoms with Crippen molar-refractivity contribution in [3.63, 3.8) is 0 Å². The van der Waals surface area contributed by atoms with Crippen LogP contribution >= 0.6 is 0 Å². The van der Waals surface area contributed by atoms with E-state index in [1.54, 1.807) is 14.2 Å². The van der Waals surface area contributed by atoms with Crippen LogP contribution < -0.4 is 4.90 Å². The van der Waals surface area contributed by atoms with Crippen molar-refractivity contribution < 1.29 is 19.4 Å². The van der Waals surface area contributed by atoms with Crippen LogP contribution in [0.25, 0.3) is 0 Å². The van der Waals surface area contributed by atoms with E-state index in [1.165, 1.54) is 12.4 Å². The lowest BCUT2D eigenvalue weighted by atomic mass is 10.3. The van der Waals surface area contributed by atoms with Crippen LogP contribution in [-0.4, -0.2) is 61.1 Å². The average molecular weight is 269 g/mol. The van der Waals surface area contributed by atoms with Gasteiger partial charge in [0.1, 0.15) is 0 Å². The maximum Gasteiger partial charge on any atom is 0.338 e. The van der Waals surface area contributed by atoms with E-state index in [9.17, 15) is 4.79 Å². The summed E-state index contributed by atoms with van der Waals surface area (Å²) >= 11 is 0. The molecular formula is C12H19N3O4. The van der Waals surface area contributed by atoms with E-state index >= 15 is 0 Å². The van der Waals surface area contributed by atoms with Crippen LogP contribution in [0.1, 0.15) is 17.3 Å². The van der Waals surface area contributed by atoms with Gasteiger partial charge in [0, 0.05) is 33.2 Å². The highest BCUT2D eigenvalue weighted by atomic mass is 16.5. The highest BCUT2D eigenvalue weighted by molar-refractivity contribution is 5.86. The molecule has 1 rings (SSSR count). The summed E-state index contributed by atoms with van der Waals surface area (Å²) in [5, 5.41) is 8.82. The zero-order valence-corrected chi connectivity index (χ0v) is 11.4. The number of hydrogen-bond acceptors (Lipinski definition) is 6. The van der Waals surface area contributed by atoms with Gasteiger partial charge in [-0.05, 0) is 6.92 Å². The second-order valence-electron chi connectivity index (χ2n) is 4.07. The molecule has 0 aliphatic rings. The number of anilines is 1. The standard InChI is InChI=1S/C12H19N3O4/c1-9(8-19-3)15(4-5-18-2)12-13-6-10(7-14-12)11(16)17/h6-7,9H,4-5,8H2,1-3H3,(H,16,17).